The zero-order valence-corrected chi connectivity index (χ0v) is 12.6. The lowest BCUT2D eigenvalue weighted by atomic mass is 10.1. The molecule has 0 spiro atoms. The Morgan fingerprint density at radius 1 is 1.29 bits per heavy atom. The van der Waals surface area contributed by atoms with E-state index in [0.717, 1.165) is 41.6 Å². The molecular weight excluding hydrogens is 284 g/mol. The minimum absolute atomic E-state index is 0.426. The summed E-state index contributed by atoms with van der Waals surface area (Å²) in [5.41, 5.74) is 7.89. The van der Waals surface area contributed by atoms with Crippen LogP contribution in [0.4, 0.5) is 0 Å². The Kier molecular flexibility index (Phi) is 4.45. The Morgan fingerprint density at radius 3 is 2.81 bits per heavy atom. The number of guanidine groups is 1. The number of rotatable bonds is 3. The molecule has 1 aromatic heterocycles. The molecule has 2 N–H and O–H groups in total. The standard InChI is InChI=1S/C15H18N4OS/c16-15(19-6-8-21-9-7-19)17-11-13-10-14(18-20-13)12-4-2-1-3-5-12/h1-5,10H,6-9,11H2,(H2,16,17). The second-order valence-corrected chi connectivity index (χ2v) is 6.04. The molecule has 0 radical (unpaired) electrons. The minimum atomic E-state index is 0.426. The summed E-state index contributed by atoms with van der Waals surface area (Å²) in [6.07, 6.45) is 0. The van der Waals surface area contributed by atoms with Crippen molar-refractivity contribution in [3.8, 4) is 11.3 Å². The molecule has 1 fully saturated rings. The highest BCUT2D eigenvalue weighted by atomic mass is 32.2. The van der Waals surface area contributed by atoms with Gasteiger partial charge in [0.05, 0.1) is 0 Å². The van der Waals surface area contributed by atoms with Crippen LogP contribution in [0, 0.1) is 0 Å². The average molecular weight is 302 g/mol. The molecule has 0 amide bonds. The van der Waals surface area contributed by atoms with Crippen molar-refractivity contribution in [2.75, 3.05) is 24.6 Å². The number of nitrogens with two attached hydrogens (primary N) is 1. The van der Waals surface area contributed by atoms with Crippen LogP contribution in [0.3, 0.4) is 0 Å². The molecule has 3 rings (SSSR count). The summed E-state index contributed by atoms with van der Waals surface area (Å²) >= 11 is 1.95. The highest BCUT2D eigenvalue weighted by Gasteiger charge is 2.12. The summed E-state index contributed by atoms with van der Waals surface area (Å²) in [5.74, 6) is 3.53. The van der Waals surface area contributed by atoms with Crippen LogP contribution in [-0.4, -0.2) is 40.6 Å². The second kappa shape index (κ2) is 6.67. The molecule has 1 saturated heterocycles. The Bertz CT molecular complexity index is 605. The Balaban J connectivity index is 1.64. The normalized spacial score (nSPS) is 16.2. The van der Waals surface area contributed by atoms with Crippen molar-refractivity contribution >= 4 is 17.7 Å². The maximum atomic E-state index is 6.02. The number of aromatic nitrogens is 1. The van der Waals surface area contributed by atoms with Crippen molar-refractivity contribution in [1.82, 2.24) is 10.1 Å². The van der Waals surface area contributed by atoms with E-state index in [4.69, 9.17) is 10.3 Å². The molecule has 0 saturated carbocycles. The number of aliphatic imine (C=N–C) groups is 1. The number of hydrogen-bond acceptors (Lipinski definition) is 4. The lowest BCUT2D eigenvalue weighted by Crippen LogP contribution is -2.42. The van der Waals surface area contributed by atoms with Gasteiger partial charge in [-0.15, -0.1) is 0 Å². The molecule has 0 atom stereocenters. The molecule has 1 aliphatic rings. The van der Waals surface area contributed by atoms with Crippen LogP contribution >= 0.6 is 11.8 Å². The lowest BCUT2D eigenvalue weighted by Gasteiger charge is -2.27. The fraction of sp³-hybridized carbons (Fsp3) is 0.333. The predicted octanol–water partition coefficient (Wildman–Crippen LogP) is 2.21. The second-order valence-electron chi connectivity index (χ2n) is 4.82. The van der Waals surface area contributed by atoms with Gasteiger partial charge in [0.1, 0.15) is 12.2 Å². The fourth-order valence-corrected chi connectivity index (χ4v) is 3.09. The SMILES string of the molecule is NC(=NCc1cc(-c2ccccc2)no1)N1CCSCC1. The maximum Gasteiger partial charge on any atom is 0.191 e. The third kappa shape index (κ3) is 3.58. The zero-order chi connectivity index (χ0) is 14.5. The molecule has 2 heterocycles. The monoisotopic (exact) mass is 302 g/mol. The molecular formula is C15H18N4OS. The maximum absolute atomic E-state index is 6.02. The van der Waals surface area contributed by atoms with Gasteiger partial charge in [-0.25, -0.2) is 4.99 Å². The molecule has 0 bridgehead atoms. The highest BCUT2D eigenvalue weighted by Crippen LogP contribution is 2.19. The average Bonchev–Trinajstić information content (AvgIpc) is 3.03. The third-order valence-corrected chi connectivity index (χ3v) is 4.30. The summed E-state index contributed by atoms with van der Waals surface area (Å²) in [7, 11) is 0. The first-order valence-electron chi connectivity index (χ1n) is 6.96. The van der Waals surface area contributed by atoms with Gasteiger partial charge in [-0.05, 0) is 0 Å². The number of nitrogens with zero attached hydrogens (tertiary/aromatic N) is 3. The van der Waals surface area contributed by atoms with E-state index in [1.165, 1.54) is 0 Å². The molecule has 110 valence electrons. The van der Waals surface area contributed by atoms with Crippen molar-refractivity contribution in [3.05, 3.63) is 42.2 Å². The summed E-state index contributed by atoms with van der Waals surface area (Å²) in [4.78, 5) is 6.52. The van der Waals surface area contributed by atoms with Gasteiger partial charge in [0, 0.05) is 36.2 Å². The Hall–Kier alpha value is -1.95. The van der Waals surface area contributed by atoms with Crippen LogP contribution < -0.4 is 5.73 Å². The van der Waals surface area contributed by atoms with Crippen molar-refractivity contribution in [3.63, 3.8) is 0 Å². The van der Waals surface area contributed by atoms with E-state index in [1.54, 1.807) is 0 Å². The molecule has 21 heavy (non-hydrogen) atoms. The van der Waals surface area contributed by atoms with Crippen molar-refractivity contribution in [1.29, 1.82) is 0 Å². The van der Waals surface area contributed by atoms with E-state index in [-0.39, 0.29) is 0 Å². The fourth-order valence-electron chi connectivity index (χ4n) is 2.18. The van der Waals surface area contributed by atoms with E-state index in [2.05, 4.69) is 15.0 Å². The number of thioether (sulfide) groups is 1. The van der Waals surface area contributed by atoms with Gasteiger partial charge in [0.2, 0.25) is 0 Å². The predicted molar refractivity (Wildman–Crippen MR) is 86.2 cm³/mol. The smallest absolute Gasteiger partial charge is 0.191 e. The summed E-state index contributed by atoms with van der Waals surface area (Å²) in [5, 5.41) is 4.07. The first kappa shape index (κ1) is 14.0. The van der Waals surface area contributed by atoms with Crippen LogP contribution in [0.1, 0.15) is 5.76 Å². The molecule has 6 heteroatoms. The van der Waals surface area contributed by atoms with Gasteiger partial charge in [-0.2, -0.15) is 11.8 Å². The quantitative estimate of drug-likeness (QED) is 0.695. The first-order chi connectivity index (χ1) is 10.3. The van der Waals surface area contributed by atoms with Crippen LogP contribution in [0.25, 0.3) is 11.3 Å². The topological polar surface area (TPSA) is 67.6 Å². The molecule has 5 nitrogen and oxygen atoms in total. The van der Waals surface area contributed by atoms with E-state index >= 15 is 0 Å². The molecule has 0 unspecified atom stereocenters. The van der Waals surface area contributed by atoms with Gasteiger partial charge in [0.25, 0.3) is 0 Å². The lowest BCUT2D eigenvalue weighted by molar-refractivity contribution is 0.385. The van der Waals surface area contributed by atoms with E-state index in [1.807, 2.05) is 48.2 Å². The van der Waals surface area contributed by atoms with Crippen molar-refractivity contribution in [2.45, 2.75) is 6.54 Å². The summed E-state index contributed by atoms with van der Waals surface area (Å²) in [6.45, 7) is 2.35. The van der Waals surface area contributed by atoms with E-state index in [0.29, 0.717) is 12.5 Å². The molecule has 1 aliphatic heterocycles. The summed E-state index contributed by atoms with van der Waals surface area (Å²) < 4.78 is 5.32. The van der Waals surface area contributed by atoms with Crippen molar-refractivity contribution in [2.24, 2.45) is 10.7 Å². The van der Waals surface area contributed by atoms with Gasteiger partial charge in [0.15, 0.2) is 11.7 Å². The number of hydrogen-bond donors (Lipinski definition) is 1. The van der Waals surface area contributed by atoms with Crippen LogP contribution in [0.5, 0.6) is 0 Å². The van der Waals surface area contributed by atoms with Crippen LogP contribution in [0.2, 0.25) is 0 Å². The van der Waals surface area contributed by atoms with Crippen LogP contribution in [-0.2, 0) is 6.54 Å². The van der Waals surface area contributed by atoms with Crippen molar-refractivity contribution < 1.29 is 4.52 Å². The van der Waals surface area contributed by atoms with Gasteiger partial charge in [-0.1, -0.05) is 35.5 Å². The first-order valence-corrected chi connectivity index (χ1v) is 8.12. The largest absolute Gasteiger partial charge is 0.370 e. The van der Waals surface area contributed by atoms with E-state index < -0.39 is 0 Å². The zero-order valence-electron chi connectivity index (χ0n) is 11.7. The highest BCUT2D eigenvalue weighted by molar-refractivity contribution is 7.99. The summed E-state index contributed by atoms with van der Waals surface area (Å²) in [6, 6.07) is 11.9. The van der Waals surface area contributed by atoms with Gasteiger partial charge < -0.3 is 15.2 Å². The third-order valence-electron chi connectivity index (χ3n) is 3.36. The van der Waals surface area contributed by atoms with Gasteiger partial charge >= 0.3 is 0 Å². The molecule has 0 aliphatic carbocycles. The minimum Gasteiger partial charge on any atom is -0.370 e. The number of benzene rings is 1. The van der Waals surface area contributed by atoms with Crippen LogP contribution in [0.15, 0.2) is 45.9 Å². The Morgan fingerprint density at radius 2 is 2.05 bits per heavy atom. The van der Waals surface area contributed by atoms with E-state index in [9.17, 15) is 0 Å². The Labute approximate surface area is 128 Å². The molecule has 1 aromatic carbocycles. The van der Waals surface area contributed by atoms with Gasteiger partial charge in [-0.3, -0.25) is 0 Å². The molecule has 2 aromatic rings.